The Hall–Kier alpha value is -4.00. The number of aromatic nitrogens is 4. The molecule has 0 amide bonds. The third-order valence-corrected chi connectivity index (χ3v) is 8.80. The predicted molar refractivity (Wildman–Crippen MR) is 174 cm³/mol. The van der Waals surface area contributed by atoms with Crippen LogP contribution in [0.25, 0.3) is 22.3 Å². The number of terminal acetylenes is 1. The highest BCUT2D eigenvalue weighted by Gasteiger charge is 2.34. The topological polar surface area (TPSA) is 81.7 Å². The van der Waals surface area contributed by atoms with E-state index in [1.165, 1.54) is 24.3 Å². The highest BCUT2D eigenvalue weighted by molar-refractivity contribution is 9.10. The van der Waals surface area contributed by atoms with Crippen molar-refractivity contribution in [2.24, 2.45) is 18.2 Å². The number of halogens is 3. The Kier molecular flexibility index (Phi) is 8.96. The second kappa shape index (κ2) is 12.5. The molecule has 1 unspecified atom stereocenters. The van der Waals surface area contributed by atoms with Crippen LogP contribution in [-0.2, 0) is 19.0 Å². The van der Waals surface area contributed by atoms with Crippen LogP contribution in [0.3, 0.4) is 0 Å². The fourth-order valence-corrected chi connectivity index (χ4v) is 5.98. The van der Waals surface area contributed by atoms with Crippen molar-refractivity contribution in [3.8, 4) is 35.2 Å². The largest absolute Gasteiger partial charge is 0.454 e. The fraction of sp³-hybridized carbons (Fsp3) is 0.314. The first kappa shape index (κ1) is 31.4. The first-order valence-electron chi connectivity index (χ1n) is 14.6. The van der Waals surface area contributed by atoms with Crippen molar-refractivity contribution in [2.45, 2.75) is 58.4 Å². The van der Waals surface area contributed by atoms with Crippen molar-refractivity contribution in [2.75, 3.05) is 0 Å². The minimum absolute atomic E-state index is 0.00561. The van der Waals surface area contributed by atoms with Gasteiger partial charge in [0.15, 0.2) is 23.2 Å². The molecule has 0 aliphatic heterocycles. The summed E-state index contributed by atoms with van der Waals surface area (Å²) in [5, 5.41) is 5.57. The van der Waals surface area contributed by atoms with E-state index in [1.54, 1.807) is 17.9 Å². The lowest BCUT2D eigenvalue weighted by atomic mass is 9.76. The van der Waals surface area contributed by atoms with Crippen LogP contribution in [0.1, 0.15) is 63.4 Å². The monoisotopic (exact) mass is 659 g/mol. The Balaban J connectivity index is 1.50. The molecule has 0 saturated carbocycles. The van der Waals surface area contributed by atoms with E-state index >= 15 is 8.78 Å². The molecule has 3 aromatic carbocycles. The molecule has 228 valence electrons. The van der Waals surface area contributed by atoms with E-state index in [2.05, 4.69) is 59.7 Å². The summed E-state index contributed by atoms with van der Waals surface area (Å²) in [6.45, 7) is 6.33. The van der Waals surface area contributed by atoms with E-state index in [1.807, 2.05) is 18.2 Å². The smallest absolute Gasteiger partial charge is 0.168 e. The quantitative estimate of drug-likeness (QED) is 0.110. The zero-order chi connectivity index (χ0) is 31.6. The molecule has 0 radical (unpaired) electrons. The van der Waals surface area contributed by atoms with Gasteiger partial charge in [-0.1, -0.05) is 40.9 Å². The summed E-state index contributed by atoms with van der Waals surface area (Å²) in [5.74, 6) is 2.97. The van der Waals surface area contributed by atoms with Crippen LogP contribution in [-0.4, -0.2) is 19.7 Å². The van der Waals surface area contributed by atoms with Crippen molar-refractivity contribution in [3.05, 3.63) is 93.9 Å². The van der Waals surface area contributed by atoms with Crippen molar-refractivity contribution in [3.63, 3.8) is 0 Å². The molecule has 5 rings (SSSR count). The number of unbranched alkanes of at least 4 members (excludes halogenated alkanes) is 1. The summed E-state index contributed by atoms with van der Waals surface area (Å²) in [5.41, 5.74) is 7.62. The molecular formula is C35H36BrF2N5O. The van der Waals surface area contributed by atoms with Crippen LogP contribution in [0, 0.1) is 29.4 Å². The summed E-state index contributed by atoms with van der Waals surface area (Å²) >= 11 is 3.60. The van der Waals surface area contributed by atoms with E-state index < -0.39 is 17.0 Å². The molecule has 2 heterocycles. The highest BCUT2D eigenvalue weighted by atomic mass is 79.9. The van der Waals surface area contributed by atoms with Gasteiger partial charge in [0, 0.05) is 52.2 Å². The molecule has 1 atom stereocenters. The molecule has 9 heteroatoms. The Bertz CT molecular complexity index is 1850. The lowest BCUT2D eigenvalue weighted by Crippen LogP contribution is -2.26. The summed E-state index contributed by atoms with van der Waals surface area (Å²) < 4.78 is 39.0. The van der Waals surface area contributed by atoms with Crippen molar-refractivity contribution in [1.82, 2.24) is 19.7 Å². The Morgan fingerprint density at radius 3 is 2.55 bits per heavy atom. The number of nitrogens with one attached hydrogen (secondary N) is 1. The van der Waals surface area contributed by atoms with Crippen LogP contribution in [0.4, 0.5) is 8.78 Å². The number of hydrogen-bond donors (Lipinski definition) is 2. The molecule has 0 aliphatic rings. The number of H-pyrrole nitrogens is 1. The number of benzene rings is 3. The molecule has 2 aromatic heterocycles. The molecular weight excluding hydrogens is 624 g/mol. The SMILES string of the molecule is C#CC(C)(C)CCCCC(C)(c1cccc(Br)c1)c1nc(-c2cc(Oc3c(F)cc4[nH]ccc4c3CN)ccc2F)n(C)n1. The number of nitrogens with zero attached hydrogens (tertiary/aromatic N) is 3. The molecule has 3 N–H and O–H groups in total. The van der Waals surface area contributed by atoms with Crippen LogP contribution >= 0.6 is 15.9 Å². The Labute approximate surface area is 265 Å². The number of ether oxygens (including phenoxy) is 1. The van der Waals surface area contributed by atoms with Gasteiger partial charge in [-0.15, -0.1) is 12.3 Å². The third kappa shape index (κ3) is 6.28. The first-order chi connectivity index (χ1) is 21.0. The molecule has 0 spiro atoms. The molecule has 0 fully saturated rings. The summed E-state index contributed by atoms with van der Waals surface area (Å²) in [4.78, 5) is 7.90. The number of aromatic amines is 1. The molecule has 0 aliphatic carbocycles. The van der Waals surface area contributed by atoms with E-state index in [0.29, 0.717) is 22.7 Å². The lowest BCUT2D eigenvalue weighted by Gasteiger charge is -2.28. The molecule has 6 nitrogen and oxygen atoms in total. The number of nitrogens with two attached hydrogens (primary N) is 1. The second-order valence-corrected chi connectivity index (χ2v) is 12.9. The molecule has 5 aromatic rings. The van der Waals surface area contributed by atoms with Gasteiger partial charge in [0.25, 0.3) is 0 Å². The van der Waals surface area contributed by atoms with E-state index in [0.717, 1.165) is 41.1 Å². The van der Waals surface area contributed by atoms with Gasteiger partial charge in [-0.2, -0.15) is 5.10 Å². The summed E-state index contributed by atoms with van der Waals surface area (Å²) in [7, 11) is 1.74. The number of rotatable bonds is 11. The van der Waals surface area contributed by atoms with Crippen LogP contribution < -0.4 is 10.5 Å². The molecule has 0 saturated heterocycles. The van der Waals surface area contributed by atoms with Gasteiger partial charge in [0.1, 0.15) is 11.6 Å². The predicted octanol–water partition coefficient (Wildman–Crippen LogP) is 8.78. The van der Waals surface area contributed by atoms with E-state index in [9.17, 15) is 0 Å². The Morgan fingerprint density at radius 2 is 1.82 bits per heavy atom. The van der Waals surface area contributed by atoms with Gasteiger partial charge in [0.05, 0.1) is 11.0 Å². The van der Waals surface area contributed by atoms with Gasteiger partial charge in [0.2, 0.25) is 0 Å². The lowest BCUT2D eigenvalue weighted by molar-refractivity contribution is 0.396. The maximum atomic E-state index is 15.4. The summed E-state index contributed by atoms with van der Waals surface area (Å²) in [6, 6.07) is 15.5. The van der Waals surface area contributed by atoms with Gasteiger partial charge >= 0.3 is 0 Å². The van der Waals surface area contributed by atoms with E-state index in [4.69, 9.17) is 27.0 Å². The standard InChI is InChI=1S/C35H36BrF2N5O/c1-6-34(2,3)15-7-8-16-35(4,22-10-9-11-23(36)18-22)33-41-32(43(5)42-33)26-19-24(12-13-28(26)37)44-31-27(21-39)25-14-17-40-30(25)20-29(31)38/h1,9-14,17-20,40H,7-8,15-16,21,39H2,2-5H3. The van der Waals surface area contributed by atoms with Crippen molar-refractivity contribution < 1.29 is 13.5 Å². The van der Waals surface area contributed by atoms with Gasteiger partial charge in [-0.05, 0) is 75.6 Å². The first-order valence-corrected chi connectivity index (χ1v) is 15.4. The second-order valence-electron chi connectivity index (χ2n) is 12.0. The number of hydrogen-bond acceptors (Lipinski definition) is 4. The van der Waals surface area contributed by atoms with E-state index in [-0.39, 0.29) is 29.0 Å². The average Bonchev–Trinajstić information content (AvgIpc) is 3.63. The van der Waals surface area contributed by atoms with Crippen LogP contribution in [0.15, 0.2) is 65.3 Å². The molecule has 0 bridgehead atoms. The maximum absolute atomic E-state index is 15.4. The summed E-state index contributed by atoms with van der Waals surface area (Å²) in [6.07, 6.45) is 10.9. The minimum atomic E-state index is -0.567. The fourth-order valence-electron chi connectivity index (χ4n) is 5.58. The zero-order valence-corrected chi connectivity index (χ0v) is 26.9. The third-order valence-electron chi connectivity index (χ3n) is 8.31. The Morgan fingerprint density at radius 1 is 1.05 bits per heavy atom. The average molecular weight is 661 g/mol. The van der Waals surface area contributed by atoms with Crippen molar-refractivity contribution in [1.29, 1.82) is 0 Å². The van der Waals surface area contributed by atoms with Crippen LogP contribution in [0.2, 0.25) is 0 Å². The van der Waals surface area contributed by atoms with Crippen molar-refractivity contribution >= 4 is 26.8 Å². The minimum Gasteiger partial charge on any atom is -0.454 e. The zero-order valence-electron chi connectivity index (χ0n) is 25.3. The number of fused-ring (bicyclic) bond motifs is 1. The normalized spacial score (nSPS) is 13.2. The van der Waals surface area contributed by atoms with Gasteiger partial charge in [-0.25, -0.2) is 18.4 Å². The highest BCUT2D eigenvalue weighted by Crippen LogP contribution is 2.39. The van der Waals surface area contributed by atoms with Gasteiger partial charge in [-0.3, -0.25) is 0 Å². The molecule has 44 heavy (non-hydrogen) atoms. The van der Waals surface area contributed by atoms with Crippen LogP contribution in [0.5, 0.6) is 11.5 Å². The maximum Gasteiger partial charge on any atom is 0.168 e. The van der Waals surface area contributed by atoms with Gasteiger partial charge < -0.3 is 15.5 Å². The number of aryl methyl sites for hydroxylation is 1.